The first-order chi connectivity index (χ1) is 31.3. The van der Waals surface area contributed by atoms with E-state index in [1.807, 2.05) is 6.08 Å². The van der Waals surface area contributed by atoms with E-state index < -0.39 is 95.9 Å². The monoisotopic (exact) mass is 977 g/mol. The van der Waals surface area contributed by atoms with Gasteiger partial charge in [-0.25, -0.2) is 13.9 Å². The predicted octanol–water partition coefficient (Wildman–Crippen LogP) is 6.01. The molecule has 1 fully saturated rings. The molecule has 0 amide bonds. The molecule has 0 aromatic carbocycles. The van der Waals surface area contributed by atoms with Crippen LogP contribution in [0.5, 0.6) is 0 Å². The number of aliphatic hydroxyl groups excluding tert-OH is 4. The Morgan fingerprint density at radius 3 is 2.17 bits per heavy atom. The van der Waals surface area contributed by atoms with Crippen LogP contribution in [-0.2, 0) is 46.3 Å². The Morgan fingerprint density at radius 1 is 0.833 bits per heavy atom. The van der Waals surface area contributed by atoms with Gasteiger partial charge in [-0.1, -0.05) is 121 Å². The second kappa shape index (κ2) is 32.4. The number of unbranched alkanes of at least 4 members (excludes halogenated alkanes) is 8. The second-order valence-electron chi connectivity index (χ2n) is 16.4. The molecule has 0 aliphatic carbocycles. The number of nitrogen functional groups attached to an aromatic ring is 1. The van der Waals surface area contributed by atoms with Crippen LogP contribution in [-0.4, -0.2) is 108 Å². The summed E-state index contributed by atoms with van der Waals surface area (Å²) in [7, 11) is -10.9. The molecule has 20 nitrogen and oxygen atoms in total. The smallest absolute Gasteiger partial charge is 0.462 e. The summed E-state index contributed by atoms with van der Waals surface area (Å²) in [5.41, 5.74) is 4.55. The molecule has 1 saturated heterocycles. The van der Waals surface area contributed by atoms with Crippen molar-refractivity contribution in [1.82, 2.24) is 9.55 Å². The zero-order valence-corrected chi connectivity index (χ0v) is 40.2. The number of nitrogens with zero attached hydrogens (tertiary/aromatic N) is 2. The largest absolute Gasteiger partial charge is 0.481 e. The molecule has 2 rings (SSSR count). The molecule has 66 heavy (non-hydrogen) atoms. The minimum absolute atomic E-state index is 0.00673. The SMILES string of the molecule is CCCCC/C=C\C[C@@H](O)/C=C/C=C/C=C\[C@@H](O)CCCC(=O)OC[C@H](COP(=O)(O)OP(=O)(O)OC[C@H]1O[C@@H](n2ccc(N)nc2=O)[C@H](O)[C@@H]1O)OC(=O)CCCCCCCCC(C)C. The number of phosphoric acid groups is 2. The van der Waals surface area contributed by atoms with Gasteiger partial charge in [-0.05, 0) is 50.5 Å². The number of esters is 2. The third-order valence-corrected chi connectivity index (χ3v) is 12.6. The number of rotatable bonds is 35. The normalized spacial score (nSPS) is 21.2. The fraction of sp³-hybridized carbons (Fsp3) is 0.682. The molecule has 1 aliphatic rings. The average molecular weight is 978 g/mol. The van der Waals surface area contributed by atoms with Crippen molar-refractivity contribution < 1.29 is 76.5 Å². The summed E-state index contributed by atoms with van der Waals surface area (Å²) in [4.78, 5) is 61.6. The minimum Gasteiger partial charge on any atom is -0.462 e. The Balaban J connectivity index is 1.89. The number of aromatic nitrogens is 2. The summed E-state index contributed by atoms with van der Waals surface area (Å²) >= 11 is 0. The molecule has 1 aliphatic heterocycles. The number of carbonyl (C=O) groups is 2. The number of hydrogen-bond acceptors (Lipinski definition) is 17. The number of ether oxygens (including phenoxy) is 3. The Bertz CT molecular complexity index is 1840. The van der Waals surface area contributed by atoms with E-state index in [1.165, 1.54) is 18.6 Å². The number of aliphatic hydroxyl groups is 4. The lowest BCUT2D eigenvalue weighted by Gasteiger charge is -2.21. The van der Waals surface area contributed by atoms with E-state index in [4.69, 9.17) is 29.0 Å². The van der Waals surface area contributed by atoms with Crippen LogP contribution in [0.2, 0.25) is 0 Å². The first-order valence-electron chi connectivity index (χ1n) is 22.7. The number of hydrogen-bond donors (Lipinski definition) is 7. The quantitative estimate of drug-likeness (QED) is 0.0135. The van der Waals surface area contributed by atoms with Gasteiger partial charge in [0.05, 0.1) is 25.4 Å². The zero-order chi connectivity index (χ0) is 49.0. The molecule has 2 heterocycles. The molecule has 9 atom stereocenters. The number of phosphoric ester groups is 2. The predicted molar refractivity (Wildman–Crippen MR) is 245 cm³/mol. The summed E-state index contributed by atoms with van der Waals surface area (Å²) in [6.45, 7) is 3.97. The van der Waals surface area contributed by atoms with Gasteiger partial charge in [-0.15, -0.1) is 0 Å². The molecular weight excluding hydrogens is 904 g/mol. The topological polar surface area (TPSA) is 306 Å². The first kappa shape index (κ1) is 58.8. The van der Waals surface area contributed by atoms with Gasteiger partial charge in [-0.3, -0.25) is 23.2 Å². The summed E-state index contributed by atoms with van der Waals surface area (Å²) < 4.78 is 56.3. The summed E-state index contributed by atoms with van der Waals surface area (Å²) in [5, 5.41) is 41.2. The Morgan fingerprint density at radius 2 is 1.48 bits per heavy atom. The lowest BCUT2D eigenvalue weighted by atomic mass is 10.0. The van der Waals surface area contributed by atoms with Crippen molar-refractivity contribution in [2.45, 2.75) is 166 Å². The maximum absolute atomic E-state index is 12.8. The van der Waals surface area contributed by atoms with E-state index in [-0.39, 0.29) is 31.5 Å². The van der Waals surface area contributed by atoms with E-state index in [2.05, 4.69) is 36.1 Å². The van der Waals surface area contributed by atoms with E-state index in [0.717, 1.165) is 68.6 Å². The van der Waals surface area contributed by atoms with Crippen LogP contribution >= 0.6 is 15.6 Å². The van der Waals surface area contributed by atoms with Crippen LogP contribution in [0.1, 0.15) is 130 Å². The second-order valence-corrected chi connectivity index (χ2v) is 19.5. The fourth-order valence-electron chi connectivity index (χ4n) is 6.40. The molecule has 0 radical (unpaired) electrons. The molecule has 8 N–H and O–H groups in total. The maximum atomic E-state index is 12.8. The third kappa shape index (κ3) is 26.3. The van der Waals surface area contributed by atoms with Gasteiger partial charge in [0.2, 0.25) is 0 Å². The number of nitrogens with two attached hydrogens (primary N) is 1. The van der Waals surface area contributed by atoms with Gasteiger partial charge >= 0.3 is 33.3 Å². The fourth-order valence-corrected chi connectivity index (χ4v) is 8.51. The van der Waals surface area contributed by atoms with Crippen molar-refractivity contribution in [1.29, 1.82) is 0 Å². The van der Waals surface area contributed by atoms with Crippen LogP contribution in [0.15, 0.2) is 65.7 Å². The summed E-state index contributed by atoms with van der Waals surface area (Å²) in [6.07, 6.45) is 17.5. The van der Waals surface area contributed by atoms with Gasteiger partial charge in [0, 0.05) is 19.0 Å². The highest BCUT2D eigenvalue weighted by Gasteiger charge is 2.46. The van der Waals surface area contributed by atoms with Gasteiger partial charge < -0.3 is 50.2 Å². The molecule has 1 aromatic heterocycles. The van der Waals surface area contributed by atoms with Crippen LogP contribution in [0.4, 0.5) is 5.82 Å². The van der Waals surface area contributed by atoms with Gasteiger partial charge in [0.15, 0.2) is 12.3 Å². The van der Waals surface area contributed by atoms with Crippen LogP contribution in [0.25, 0.3) is 0 Å². The lowest BCUT2D eigenvalue weighted by molar-refractivity contribution is -0.161. The molecular formula is C44H73N3O17P2. The van der Waals surface area contributed by atoms with Gasteiger partial charge in [0.1, 0.15) is 30.7 Å². The van der Waals surface area contributed by atoms with E-state index in [0.29, 0.717) is 18.8 Å². The zero-order valence-electron chi connectivity index (χ0n) is 38.4. The van der Waals surface area contributed by atoms with Crippen molar-refractivity contribution in [3.05, 3.63) is 71.4 Å². The number of allylic oxidation sites excluding steroid dienone is 5. The number of anilines is 1. The lowest BCUT2D eigenvalue weighted by Crippen LogP contribution is -2.36. The summed E-state index contributed by atoms with van der Waals surface area (Å²) in [6, 6.07) is 1.23. The highest BCUT2D eigenvalue weighted by Crippen LogP contribution is 2.60. The molecule has 22 heteroatoms. The van der Waals surface area contributed by atoms with E-state index >= 15 is 0 Å². The van der Waals surface area contributed by atoms with Crippen LogP contribution in [0.3, 0.4) is 0 Å². The highest BCUT2D eigenvalue weighted by molar-refractivity contribution is 7.61. The third-order valence-electron chi connectivity index (χ3n) is 10.0. The van der Waals surface area contributed by atoms with Crippen molar-refractivity contribution in [2.75, 3.05) is 25.6 Å². The summed E-state index contributed by atoms with van der Waals surface area (Å²) in [5.74, 6) is -0.925. The van der Waals surface area contributed by atoms with Crippen molar-refractivity contribution in [3.63, 3.8) is 0 Å². The average Bonchev–Trinajstić information content (AvgIpc) is 3.52. The van der Waals surface area contributed by atoms with Crippen molar-refractivity contribution in [3.8, 4) is 0 Å². The van der Waals surface area contributed by atoms with Gasteiger partial charge in [-0.2, -0.15) is 9.29 Å². The molecule has 2 unspecified atom stereocenters. The number of carbonyl (C=O) groups excluding carboxylic acids is 2. The van der Waals surface area contributed by atoms with E-state index in [9.17, 15) is 53.7 Å². The van der Waals surface area contributed by atoms with Crippen LogP contribution < -0.4 is 11.4 Å². The molecule has 376 valence electrons. The Hall–Kier alpha value is -3.36. The van der Waals surface area contributed by atoms with E-state index in [1.54, 1.807) is 30.4 Å². The standard InChI is InChI=1S/C44H73N3O17P2/c1-4-5-6-7-11-16-22-34(48)23-17-13-14-18-24-35(49)25-20-27-39(50)59-30-36(62-40(51)26-19-12-9-8-10-15-21-33(2)3)31-60-65(55,56)64-66(57,58)61-32-37-41(52)42(53)43(63-37)47-29-28-38(45)46-44(47)54/h11,13-14,16-18,23-24,28-29,33-37,41-43,48-49,52-53H,4-10,12,15,19-22,25-27,30-32H2,1-3H3,(H,55,56)(H,57,58)(H2,45,46,54)/b14-13+,16-11-,23-17+,24-18-/t34-,35-,36-,37-,41-,42-,43-/m1/s1. The Kier molecular flexibility index (Phi) is 28.8. The van der Waals surface area contributed by atoms with Gasteiger partial charge in [0.25, 0.3) is 0 Å². The van der Waals surface area contributed by atoms with Crippen molar-refractivity contribution >= 4 is 33.4 Å². The maximum Gasteiger partial charge on any atom is 0.481 e. The first-order valence-corrected chi connectivity index (χ1v) is 25.7. The minimum atomic E-state index is -5.47. The molecule has 0 spiro atoms. The molecule has 1 aromatic rings. The highest BCUT2D eigenvalue weighted by atomic mass is 31.3. The molecule has 0 bridgehead atoms. The Labute approximate surface area is 387 Å². The molecule has 0 saturated carbocycles. The van der Waals surface area contributed by atoms with Crippen molar-refractivity contribution in [2.24, 2.45) is 5.92 Å². The van der Waals surface area contributed by atoms with Crippen LogP contribution in [0, 0.1) is 5.92 Å².